The predicted octanol–water partition coefficient (Wildman–Crippen LogP) is 5.70. The monoisotopic (exact) mass is 487 g/mol. The number of phenolic OH excluding ortho intramolecular Hbond substituents is 1. The Labute approximate surface area is 209 Å². The second-order valence-electron chi connectivity index (χ2n) is 8.76. The summed E-state index contributed by atoms with van der Waals surface area (Å²) in [6, 6.07) is 15.9. The van der Waals surface area contributed by atoms with Crippen molar-refractivity contribution in [1.29, 1.82) is 0 Å². The van der Waals surface area contributed by atoms with Crippen molar-refractivity contribution < 1.29 is 23.8 Å². The number of nitrogens with zero attached hydrogens (tertiary/aromatic N) is 2. The smallest absolute Gasteiger partial charge is 0.273 e. The fourth-order valence-electron chi connectivity index (χ4n) is 4.66. The van der Waals surface area contributed by atoms with Crippen LogP contribution in [0.1, 0.15) is 59.6 Å². The van der Waals surface area contributed by atoms with Crippen LogP contribution in [0.4, 0.5) is 0 Å². The van der Waals surface area contributed by atoms with Gasteiger partial charge in [-0.1, -0.05) is 38.0 Å². The van der Waals surface area contributed by atoms with E-state index in [9.17, 15) is 9.90 Å². The van der Waals surface area contributed by atoms with E-state index in [0.717, 1.165) is 24.8 Å². The van der Waals surface area contributed by atoms with Gasteiger partial charge < -0.3 is 23.9 Å². The van der Waals surface area contributed by atoms with Crippen molar-refractivity contribution in [2.24, 2.45) is 0 Å². The number of methoxy groups -OCH3 is 1. The summed E-state index contributed by atoms with van der Waals surface area (Å²) in [5.41, 5.74) is 3.01. The highest BCUT2D eigenvalue weighted by Crippen LogP contribution is 2.46. The second kappa shape index (κ2) is 10.2. The predicted molar refractivity (Wildman–Crippen MR) is 134 cm³/mol. The first-order valence-corrected chi connectivity index (χ1v) is 12.1. The number of aromatic amines is 1. The normalized spacial score (nSPS) is 14.8. The fraction of sp³-hybridized carbons (Fsp3) is 0.286. The van der Waals surface area contributed by atoms with Crippen molar-refractivity contribution in [3.05, 3.63) is 83.4 Å². The summed E-state index contributed by atoms with van der Waals surface area (Å²) in [6.45, 7) is 3.04. The van der Waals surface area contributed by atoms with Crippen LogP contribution in [-0.4, -0.2) is 39.8 Å². The molecule has 1 atom stereocenters. The molecule has 186 valence electrons. The molecule has 5 rings (SSSR count). The Kier molecular flexibility index (Phi) is 6.66. The van der Waals surface area contributed by atoms with Crippen molar-refractivity contribution >= 4 is 5.91 Å². The van der Waals surface area contributed by atoms with Crippen LogP contribution in [-0.2, 0) is 6.54 Å². The Morgan fingerprint density at radius 1 is 1.11 bits per heavy atom. The van der Waals surface area contributed by atoms with Crippen molar-refractivity contribution in [1.82, 2.24) is 15.1 Å². The maximum atomic E-state index is 13.6. The molecule has 3 heterocycles. The third kappa shape index (κ3) is 4.30. The molecule has 0 aliphatic carbocycles. The molecule has 1 aliphatic rings. The molecule has 8 nitrogen and oxygen atoms in total. The molecule has 2 N–H and O–H groups in total. The Morgan fingerprint density at radius 3 is 2.72 bits per heavy atom. The Bertz CT molecular complexity index is 1350. The van der Waals surface area contributed by atoms with Gasteiger partial charge >= 0.3 is 0 Å². The van der Waals surface area contributed by atoms with Gasteiger partial charge in [0.25, 0.3) is 5.91 Å². The lowest BCUT2D eigenvalue weighted by atomic mass is 9.95. The van der Waals surface area contributed by atoms with Gasteiger partial charge in [0.05, 0.1) is 32.6 Å². The van der Waals surface area contributed by atoms with E-state index in [1.807, 2.05) is 30.3 Å². The highest BCUT2D eigenvalue weighted by Gasteiger charge is 2.43. The number of benzene rings is 2. The van der Waals surface area contributed by atoms with Crippen molar-refractivity contribution in [3.8, 4) is 28.5 Å². The molecule has 0 saturated heterocycles. The van der Waals surface area contributed by atoms with E-state index in [1.165, 1.54) is 0 Å². The van der Waals surface area contributed by atoms with Gasteiger partial charge in [0.2, 0.25) is 0 Å². The Balaban J connectivity index is 1.58. The maximum Gasteiger partial charge on any atom is 0.273 e. The van der Waals surface area contributed by atoms with Gasteiger partial charge in [0.1, 0.15) is 22.9 Å². The first kappa shape index (κ1) is 23.5. The number of hydrogen-bond acceptors (Lipinski definition) is 6. The van der Waals surface area contributed by atoms with Gasteiger partial charge in [0, 0.05) is 11.1 Å². The molecule has 0 fully saturated rings. The van der Waals surface area contributed by atoms with E-state index in [0.29, 0.717) is 46.4 Å². The van der Waals surface area contributed by atoms with Crippen molar-refractivity contribution in [2.75, 3.05) is 13.7 Å². The summed E-state index contributed by atoms with van der Waals surface area (Å²) >= 11 is 0. The first-order chi connectivity index (χ1) is 17.6. The van der Waals surface area contributed by atoms with Crippen molar-refractivity contribution in [2.45, 2.75) is 38.8 Å². The van der Waals surface area contributed by atoms with Crippen LogP contribution in [0.25, 0.3) is 11.3 Å². The number of hydrogen-bond donors (Lipinski definition) is 2. The number of fused-ring (bicyclic) bond motifs is 1. The number of aromatic hydroxyl groups is 1. The minimum absolute atomic E-state index is 0.0934. The number of carbonyl (C=O) groups excluding carboxylic acids is 1. The van der Waals surface area contributed by atoms with E-state index >= 15 is 0 Å². The summed E-state index contributed by atoms with van der Waals surface area (Å²) in [6.07, 6.45) is 4.78. The number of aromatic nitrogens is 2. The van der Waals surface area contributed by atoms with Crippen LogP contribution in [0.15, 0.2) is 65.3 Å². The molecule has 8 heteroatoms. The van der Waals surface area contributed by atoms with Crippen molar-refractivity contribution in [3.63, 3.8) is 0 Å². The highest BCUT2D eigenvalue weighted by atomic mass is 16.5. The van der Waals surface area contributed by atoms with E-state index in [-0.39, 0.29) is 18.2 Å². The molecule has 0 saturated carbocycles. The molecule has 4 aromatic rings. The van der Waals surface area contributed by atoms with Crippen LogP contribution < -0.4 is 9.47 Å². The van der Waals surface area contributed by atoms with Crippen LogP contribution in [0.2, 0.25) is 0 Å². The number of unbranched alkanes of at least 4 members (excludes halogenated alkanes) is 2. The van der Waals surface area contributed by atoms with E-state index in [4.69, 9.17) is 13.9 Å². The summed E-state index contributed by atoms with van der Waals surface area (Å²) in [7, 11) is 1.61. The zero-order valence-electron chi connectivity index (χ0n) is 20.4. The summed E-state index contributed by atoms with van der Waals surface area (Å²) in [5, 5.41) is 17.9. The quantitative estimate of drug-likeness (QED) is 0.278. The molecule has 2 aromatic heterocycles. The average molecular weight is 488 g/mol. The van der Waals surface area contributed by atoms with Gasteiger partial charge in [-0.25, -0.2) is 0 Å². The lowest BCUT2D eigenvalue weighted by Crippen LogP contribution is -2.29. The van der Waals surface area contributed by atoms with Gasteiger partial charge in [-0.3, -0.25) is 9.89 Å². The number of amides is 1. The third-order valence-corrected chi connectivity index (χ3v) is 6.44. The molecule has 0 unspecified atom stereocenters. The number of furan rings is 1. The number of ether oxygens (including phenoxy) is 2. The molecule has 2 aromatic carbocycles. The number of para-hydroxylation sites is 1. The minimum atomic E-state index is -0.478. The van der Waals surface area contributed by atoms with Gasteiger partial charge in [-0.15, -0.1) is 0 Å². The molecular weight excluding hydrogens is 458 g/mol. The van der Waals surface area contributed by atoms with Gasteiger partial charge in [0.15, 0.2) is 11.5 Å². The standard InChI is InChI=1S/C28H29N3O5/c1-3-4-7-14-36-22-13-12-18(16-23(22)34-2)27-24-25(20-10-5-6-11-21(20)32)29-30-26(24)28(33)31(27)17-19-9-8-15-35-19/h5-6,8-13,15-16,27,32H,3-4,7,14,17H2,1-2H3,(H,29,30)/t27-/m1/s1. The average Bonchev–Trinajstić information content (AvgIpc) is 3.62. The van der Waals surface area contributed by atoms with Crippen LogP contribution in [0, 0.1) is 0 Å². The first-order valence-electron chi connectivity index (χ1n) is 12.1. The topological polar surface area (TPSA) is 101 Å². The molecule has 36 heavy (non-hydrogen) atoms. The van der Waals surface area contributed by atoms with Gasteiger partial charge in [-0.2, -0.15) is 5.10 Å². The number of rotatable bonds is 10. The molecule has 0 spiro atoms. The summed E-state index contributed by atoms with van der Waals surface area (Å²) < 4.78 is 17.2. The van der Waals surface area contributed by atoms with Crippen LogP contribution in [0.3, 0.4) is 0 Å². The van der Waals surface area contributed by atoms with Gasteiger partial charge in [-0.05, 0) is 48.4 Å². The van der Waals surface area contributed by atoms with E-state index in [2.05, 4.69) is 17.1 Å². The maximum absolute atomic E-state index is 13.6. The molecule has 1 aliphatic heterocycles. The molecular formula is C28H29N3O5. The van der Waals surface area contributed by atoms with E-state index in [1.54, 1.807) is 42.5 Å². The lowest BCUT2D eigenvalue weighted by Gasteiger charge is -2.26. The third-order valence-electron chi connectivity index (χ3n) is 6.44. The number of H-pyrrole nitrogens is 1. The van der Waals surface area contributed by atoms with Crippen LogP contribution in [0.5, 0.6) is 17.2 Å². The number of nitrogens with one attached hydrogen (secondary N) is 1. The van der Waals surface area contributed by atoms with E-state index < -0.39 is 6.04 Å². The molecule has 0 radical (unpaired) electrons. The Morgan fingerprint density at radius 2 is 1.97 bits per heavy atom. The SMILES string of the molecule is CCCCCOc1ccc([C@@H]2c3c(-c4ccccc4O)n[nH]c3C(=O)N2Cc2ccco2)cc1OC. The van der Waals surface area contributed by atoms with Crippen LogP contribution >= 0.6 is 0 Å². The summed E-state index contributed by atoms with van der Waals surface area (Å²) in [4.78, 5) is 15.3. The lowest BCUT2D eigenvalue weighted by molar-refractivity contribution is 0.0716. The fourth-order valence-corrected chi connectivity index (χ4v) is 4.66. The number of carbonyl (C=O) groups is 1. The second-order valence-corrected chi connectivity index (χ2v) is 8.76. The largest absolute Gasteiger partial charge is 0.507 e. The zero-order chi connectivity index (χ0) is 25.1. The summed E-state index contributed by atoms with van der Waals surface area (Å²) in [5.74, 6) is 1.82. The zero-order valence-corrected chi connectivity index (χ0v) is 20.4. The number of phenols is 1. The molecule has 1 amide bonds. The highest BCUT2D eigenvalue weighted by molar-refractivity contribution is 6.00. The molecule has 0 bridgehead atoms. The minimum Gasteiger partial charge on any atom is -0.507 e. The Hall–Kier alpha value is -4.20.